The number of anilines is 1. The molecule has 5 heteroatoms. The lowest BCUT2D eigenvalue weighted by atomic mass is 10.3. The van der Waals surface area contributed by atoms with Gasteiger partial charge in [0.05, 0.1) is 12.2 Å². The Morgan fingerprint density at radius 3 is 2.75 bits per heavy atom. The highest BCUT2D eigenvalue weighted by Crippen LogP contribution is 2.39. The van der Waals surface area contributed by atoms with E-state index in [9.17, 15) is 0 Å². The first-order valence-electron chi connectivity index (χ1n) is 5.56. The molecule has 0 aliphatic heterocycles. The number of ether oxygens (including phenoxy) is 1. The van der Waals surface area contributed by atoms with E-state index < -0.39 is 0 Å². The molecule has 1 aliphatic rings. The van der Waals surface area contributed by atoms with Crippen LogP contribution in [-0.2, 0) is 0 Å². The third-order valence-corrected chi connectivity index (χ3v) is 2.63. The molecule has 16 heavy (non-hydrogen) atoms. The monoisotopic (exact) mass is 223 g/mol. The smallest absolute Gasteiger partial charge is 0.221 e. The predicted molar refractivity (Wildman–Crippen MR) is 60.9 cm³/mol. The van der Waals surface area contributed by atoms with Gasteiger partial charge >= 0.3 is 0 Å². The Morgan fingerprint density at radius 2 is 2.19 bits per heavy atom. The standard InChI is InChI=1S/C11H17N3O2/c1-7-9(12-2)13-10(8-3-4-8)14-11(7)16-6-5-15/h8,15H,3-6H2,1-2H3,(H,12,13,14). The summed E-state index contributed by atoms with van der Waals surface area (Å²) in [6.45, 7) is 2.18. The van der Waals surface area contributed by atoms with Gasteiger partial charge in [-0.25, -0.2) is 4.98 Å². The minimum absolute atomic E-state index is 0.00289. The topological polar surface area (TPSA) is 67.3 Å². The zero-order valence-electron chi connectivity index (χ0n) is 9.66. The van der Waals surface area contributed by atoms with Crippen molar-refractivity contribution in [1.82, 2.24) is 9.97 Å². The molecule has 0 amide bonds. The first kappa shape index (κ1) is 11.1. The fraction of sp³-hybridized carbons (Fsp3) is 0.636. The zero-order chi connectivity index (χ0) is 11.5. The molecule has 1 aromatic rings. The Morgan fingerprint density at radius 1 is 1.44 bits per heavy atom. The Kier molecular flexibility index (Phi) is 3.24. The van der Waals surface area contributed by atoms with Gasteiger partial charge in [0.2, 0.25) is 5.88 Å². The molecule has 0 spiro atoms. The number of hydrogen-bond donors (Lipinski definition) is 2. The van der Waals surface area contributed by atoms with Crippen LogP contribution in [-0.4, -0.2) is 35.3 Å². The van der Waals surface area contributed by atoms with Crippen molar-refractivity contribution in [2.45, 2.75) is 25.7 Å². The molecule has 5 nitrogen and oxygen atoms in total. The van der Waals surface area contributed by atoms with E-state index in [4.69, 9.17) is 9.84 Å². The molecule has 0 aromatic carbocycles. The van der Waals surface area contributed by atoms with Crippen molar-refractivity contribution in [2.24, 2.45) is 0 Å². The molecule has 0 saturated heterocycles. The summed E-state index contributed by atoms with van der Waals surface area (Å²) in [6, 6.07) is 0. The Balaban J connectivity index is 2.28. The molecule has 0 radical (unpaired) electrons. The van der Waals surface area contributed by atoms with Crippen molar-refractivity contribution in [3.63, 3.8) is 0 Å². The van der Waals surface area contributed by atoms with E-state index in [0.29, 0.717) is 11.8 Å². The molecule has 0 unspecified atom stereocenters. The summed E-state index contributed by atoms with van der Waals surface area (Å²) in [5.41, 5.74) is 0.889. The minimum atomic E-state index is -0.00289. The minimum Gasteiger partial charge on any atom is -0.475 e. The van der Waals surface area contributed by atoms with Crippen LogP contribution < -0.4 is 10.1 Å². The van der Waals surface area contributed by atoms with Crippen LogP contribution in [0.1, 0.15) is 30.1 Å². The summed E-state index contributed by atoms with van der Waals surface area (Å²) in [7, 11) is 1.84. The van der Waals surface area contributed by atoms with Crippen molar-refractivity contribution in [3.8, 4) is 5.88 Å². The molecular formula is C11H17N3O2. The van der Waals surface area contributed by atoms with E-state index in [1.807, 2.05) is 14.0 Å². The maximum absolute atomic E-state index is 8.75. The molecule has 1 aliphatic carbocycles. The van der Waals surface area contributed by atoms with Crippen molar-refractivity contribution < 1.29 is 9.84 Å². The van der Waals surface area contributed by atoms with Crippen LogP contribution in [0.5, 0.6) is 5.88 Å². The average molecular weight is 223 g/mol. The fourth-order valence-corrected chi connectivity index (χ4v) is 1.56. The van der Waals surface area contributed by atoms with E-state index in [0.717, 1.165) is 30.0 Å². The lowest BCUT2D eigenvalue weighted by Gasteiger charge is -2.12. The number of aromatic nitrogens is 2. The van der Waals surface area contributed by atoms with Gasteiger partial charge in [0.15, 0.2) is 0 Å². The van der Waals surface area contributed by atoms with Gasteiger partial charge in [-0.3, -0.25) is 0 Å². The largest absolute Gasteiger partial charge is 0.475 e. The van der Waals surface area contributed by atoms with E-state index in [1.54, 1.807) is 0 Å². The molecule has 2 N–H and O–H groups in total. The third kappa shape index (κ3) is 2.24. The van der Waals surface area contributed by atoms with Crippen LogP contribution in [0.4, 0.5) is 5.82 Å². The summed E-state index contributed by atoms with van der Waals surface area (Å²) in [4.78, 5) is 8.85. The maximum Gasteiger partial charge on any atom is 0.221 e. The highest BCUT2D eigenvalue weighted by Gasteiger charge is 2.28. The van der Waals surface area contributed by atoms with Crippen LogP contribution >= 0.6 is 0 Å². The van der Waals surface area contributed by atoms with Crippen LogP contribution in [0.25, 0.3) is 0 Å². The molecule has 1 heterocycles. The Hall–Kier alpha value is -1.36. The summed E-state index contributed by atoms with van der Waals surface area (Å²) in [5.74, 6) is 2.73. The lowest BCUT2D eigenvalue weighted by Crippen LogP contribution is -2.09. The quantitative estimate of drug-likeness (QED) is 0.781. The summed E-state index contributed by atoms with van der Waals surface area (Å²) >= 11 is 0. The van der Waals surface area contributed by atoms with Gasteiger partial charge in [-0.05, 0) is 19.8 Å². The van der Waals surface area contributed by atoms with Crippen LogP contribution in [0.2, 0.25) is 0 Å². The summed E-state index contributed by atoms with van der Waals surface area (Å²) in [6.07, 6.45) is 2.32. The van der Waals surface area contributed by atoms with E-state index in [2.05, 4.69) is 15.3 Å². The highest BCUT2D eigenvalue weighted by atomic mass is 16.5. The molecule has 88 valence electrons. The zero-order valence-corrected chi connectivity index (χ0v) is 9.66. The van der Waals surface area contributed by atoms with Gasteiger partial charge in [-0.2, -0.15) is 4.98 Å². The van der Waals surface area contributed by atoms with Crippen molar-refractivity contribution in [3.05, 3.63) is 11.4 Å². The maximum atomic E-state index is 8.75. The van der Waals surface area contributed by atoms with Crippen LogP contribution in [0, 0.1) is 6.92 Å². The van der Waals surface area contributed by atoms with Gasteiger partial charge in [0.1, 0.15) is 18.2 Å². The predicted octanol–water partition coefficient (Wildman–Crippen LogP) is 1.08. The molecule has 2 rings (SSSR count). The highest BCUT2D eigenvalue weighted by molar-refractivity contribution is 5.48. The lowest BCUT2D eigenvalue weighted by molar-refractivity contribution is 0.195. The normalized spacial score (nSPS) is 14.9. The number of rotatable bonds is 5. The average Bonchev–Trinajstić information content (AvgIpc) is 3.11. The van der Waals surface area contributed by atoms with Crippen molar-refractivity contribution in [1.29, 1.82) is 0 Å². The second-order valence-corrected chi connectivity index (χ2v) is 3.96. The van der Waals surface area contributed by atoms with Gasteiger partial charge in [-0.1, -0.05) is 0 Å². The number of nitrogens with one attached hydrogen (secondary N) is 1. The van der Waals surface area contributed by atoms with Crippen molar-refractivity contribution >= 4 is 5.82 Å². The second-order valence-electron chi connectivity index (χ2n) is 3.96. The molecule has 0 bridgehead atoms. The number of aliphatic hydroxyl groups excluding tert-OH is 1. The number of aliphatic hydroxyl groups is 1. The molecule has 1 saturated carbocycles. The Labute approximate surface area is 94.9 Å². The van der Waals surface area contributed by atoms with Crippen LogP contribution in [0.15, 0.2) is 0 Å². The molecular weight excluding hydrogens is 206 g/mol. The van der Waals surface area contributed by atoms with E-state index in [1.165, 1.54) is 0 Å². The van der Waals surface area contributed by atoms with E-state index in [-0.39, 0.29) is 13.2 Å². The number of hydrogen-bond acceptors (Lipinski definition) is 5. The first-order chi connectivity index (χ1) is 7.76. The summed E-state index contributed by atoms with van der Waals surface area (Å²) in [5, 5.41) is 11.8. The number of nitrogens with zero attached hydrogens (tertiary/aromatic N) is 2. The third-order valence-electron chi connectivity index (χ3n) is 2.63. The van der Waals surface area contributed by atoms with Gasteiger partial charge in [0.25, 0.3) is 0 Å². The first-order valence-corrected chi connectivity index (χ1v) is 5.56. The fourth-order valence-electron chi connectivity index (χ4n) is 1.56. The van der Waals surface area contributed by atoms with Gasteiger partial charge < -0.3 is 15.2 Å². The van der Waals surface area contributed by atoms with Crippen molar-refractivity contribution in [2.75, 3.05) is 25.6 Å². The van der Waals surface area contributed by atoms with Gasteiger partial charge in [0, 0.05) is 13.0 Å². The van der Waals surface area contributed by atoms with E-state index >= 15 is 0 Å². The second kappa shape index (κ2) is 4.65. The Bertz CT molecular complexity index is 378. The van der Waals surface area contributed by atoms with Crippen LogP contribution in [0.3, 0.4) is 0 Å². The SMILES string of the molecule is CNc1nc(C2CC2)nc(OCCO)c1C. The van der Waals surface area contributed by atoms with Gasteiger partial charge in [-0.15, -0.1) is 0 Å². The molecule has 1 fully saturated rings. The molecule has 0 atom stereocenters. The summed E-state index contributed by atoms with van der Waals surface area (Å²) < 4.78 is 5.41. The molecule has 1 aromatic heterocycles.